The van der Waals surface area contributed by atoms with Crippen LogP contribution in [0, 0.1) is 5.82 Å². The van der Waals surface area contributed by atoms with Crippen LogP contribution in [0.1, 0.15) is 37.5 Å². The Morgan fingerprint density at radius 3 is 2.69 bits per heavy atom. The lowest BCUT2D eigenvalue weighted by Gasteiger charge is -2.31. The second-order valence-electron chi connectivity index (χ2n) is 7.36. The topological polar surface area (TPSA) is 30.8 Å². The molecule has 29 heavy (non-hydrogen) atoms. The van der Waals surface area contributed by atoms with Crippen molar-refractivity contribution in [2.24, 2.45) is 4.99 Å². The second kappa shape index (κ2) is 7.77. The van der Waals surface area contributed by atoms with Crippen LogP contribution in [0.3, 0.4) is 0 Å². The molecule has 2 atom stereocenters. The Hall–Kier alpha value is -3.04. The Bertz CT molecular complexity index is 1100. The maximum absolute atomic E-state index is 14.4. The lowest BCUT2D eigenvalue weighted by molar-refractivity contribution is 0.0428. The van der Waals surface area contributed by atoms with E-state index in [4.69, 9.17) is 17.3 Å². The number of aliphatic imine (C=N–C) groups is 1. The van der Waals surface area contributed by atoms with Crippen LogP contribution in [0.25, 0.3) is 6.08 Å². The van der Waals surface area contributed by atoms with Crippen molar-refractivity contribution in [3.8, 4) is 11.5 Å². The summed E-state index contributed by atoms with van der Waals surface area (Å²) in [5.41, 5.74) is 7.14. The lowest BCUT2D eigenvalue weighted by Crippen LogP contribution is -2.35. The van der Waals surface area contributed by atoms with E-state index < -0.39 is 5.82 Å². The molecule has 0 saturated carbocycles. The van der Waals surface area contributed by atoms with E-state index in [2.05, 4.69) is 10.7 Å². The summed E-state index contributed by atoms with van der Waals surface area (Å²) in [4.78, 5) is 4.59. The van der Waals surface area contributed by atoms with Gasteiger partial charge >= 0.3 is 0 Å². The van der Waals surface area contributed by atoms with Gasteiger partial charge in [-0.05, 0) is 62.6 Å². The summed E-state index contributed by atoms with van der Waals surface area (Å²) in [5, 5.41) is 0. The normalized spacial score (nSPS) is 20.6. The molecular formula is C24H21BFNO2. The van der Waals surface area contributed by atoms with Crippen molar-refractivity contribution in [1.29, 1.82) is 0 Å². The van der Waals surface area contributed by atoms with Crippen LogP contribution in [-0.2, 0) is 6.42 Å². The molecule has 0 fully saturated rings. The zero-order valence-corrected chi connectivity index (χ0v) is 16.7. The molecule has 0 spiro atoms. The Morgan fingerprint density at radius 1 is 1.21 bits per heavy atom. The first-order chi connectivity index (χ1) is 13.9. The van der Waals surface area contributed by atoms with Crippen molar-refractivity contribution in [3.05, 3.63) is 76.4 Å². The van der Waals surface area contributed by atoms with Crippen LogP contribution in [-0.4, -0.2) is 25.8 Å². The van der Waals surface area contributed by atoms with E-state index in [0.29, 0.717) is 17.7 Å². The summed E-state index contributed by atoms with van der Waals surface area (Å²) in [6.07, 6.45) is 5.93. The van der Waals surface area contributed by atoms with Gasteiger partial charge in [-0.15, -0.1) is 5.73 Å². The van der Waals surface area contributed by atoms with Gasteiger partial charge in [0.2, 0.25) is 0 Å². The zero-order valence-electron chi connectivity index (χ0n) is 16.7. The van der Waals surface area contributed by atoms with Gasteiger partial charge in [0, 0.05) is 11.1 Å². The summed E-state index contributed by atoms with van der Waals surface area (Å²) >= 11 is 0. The Balaban J connectivity index is 1.82. The number of ether oxygens (including phenoxy) is 2. The average molecular weight is 385 g/mol. The molecule has 4 rings (SSSR count). The number of rotatable bonds is 2. The van der Waals surface area contributed by atoms with E-state index in [0.717, 1.165) is 28.2 Å². The SMILES string of the molecule is [B]c1cccc(/C=C(/C)C2=NC=C=CCc3cc4c(cc32)OC(C)C(C)O4)c1F. The standard InChI is InChI=1S/C24H21BFNO2/c1-14(11-18-8-6-9-20(25)23(18)26)24-19-13-22-21(28-15(2)16(3)29-22)12-17(19)7-4-5-10-27-24/h4,6,8-13,15-16H,7H2,1-3H3/b14-11-,27-24?. The smallest absolute Gasteiger partial charge is 0.162 e. The van der Waals surface area contributed by atoms with Crippen molar-refractivity contribution in [3.63, 3.8) is 0 Å². The molecular weight excluding hydrogens is 364 g/mol. The number of hydrogen-bond donors (Lipinski definition) is 0. The number of hydrogen-bond acceptors (Lipinski definition) is 3. The first-order valence-electron chi connectivity index (χ1n) is 9.64. The Labute approximate surface area is 171 Å². The van der Waals surface area contributed by atoms with Gasteiger partial charge in [0.1, 0.15) is 25.9 Å². The van der Waals surface area contributed by atoms with Crippen LogP contribution >= 0.6 is 0 Å². The quantitative estimate of drug-likeness (QED) is 0.571. The minimum Gasteiger partial charge on any atom is -0.483 e. The molecule has 5 heteroatoms. The molecule has 144 valence electrons. The fourth-order valence-corrected chi connectivity index (χ4v) is 3.46. The van der Waals surface area contributed by atoms with E-state index >= 15 is 0 Å². The molecule has 0 aromatic heterocycles. The van der Waals surface area contributed by atoms with E-state index in [-0.39, 0.29) is 17.7 Å². The average Bonchev–Trinajstić information content (AvgIpc) is 2.67. The van der Waals surface area contributed by atoms with Crippen LogP contribution in [0.4, 0.5) is 4.39 Å². The van der Waals surface area contributed by atoms with Gasteiger partial charge in [0.15, 0.2) is 11.5 Å². The van der Waals surface area contributed by atoms with Gasteiger partial charge in [-0.1, -0.05) is 23.7 Å². The van der Waals surface area contributed by atoms with E-state index in [1.165, 1.54) is 0 Å². The molecule has 3 nitrogen and oxygen atoms in total. The third-order valence-electron chi connectivity index (χ3n) is 5.22. The molecule has 0 aliphatic carbocycles. The van der Waals surface area contributed by atoms with Gasteiger partial charge in [-0.25, -0.2) is 9.38 Å². The Morgan fingerprint density at radius 2 is 1.93 bits per heavy atom. The highest BCUT2D eigenvalue weighted by molar-refractivity contribution is 6.32. The minimum atomic E-state index is -0.432. The van der Waals surface area contributed by atoms with E-state index in [1.807, 2.05) is 39.0 Å². The number of allylic oxidation sites excluding steroid dienone is 2. The molecule has 0 bridgehead atoms. The highest BCUT2D eigenvalue weighted by atomic mass is 19.1. The lowest BCUT2D eigenvalue weighted by atomic mass is 9.91. The number of fused-ring (bicyclic) bond motifs is 2. The van der Waals surface area contributed by atoms with Crippen LogP contribution in [0.5, 0.6) is 11.5 Å². The molecule has 2 aliphatic heterocycles. The van der Waals surface area contributed by atoms with E-state index in [9.17, 15) is 4.39 Å². The molecule has 2 aromatic rings. The summed E-state index contributed by atoms with van der Waals surface area (Å²) in [5.74, 6) is 0.993. The minimum absolute atomic E-state index is 0.0224. The fourth-order valence-electron chi connectivity index (χ4n) is 3.46. The molecule has 2 radical (unpaired) electrons. The van der Waals surface area contributed by atoms with Gasteiger partial charge < -0.3 is 9.47 Å². The fraction of sp³-hybridized carbons (Fsp3) is 0.250. The van der Waals surface area contributed by atoms with Gasteiger partial charge in [0.05, 0.1) is 11.9 Å². The predicted molar refractivity (Wildman–Crippen MR) is 115 cm³/mol. The second-order valence-corrected chi connectivity index (χ2v) is 7.36. The molecule has 2 aromatic carbocycles. The molecule has 2 aliphatic rings. The summed E-state index contributed by atoms with van der Waals surface area (Å²) in [6.45, 7) is 5.89. The third kappa shape index (κ3) is 3.79. The zero-order chi connectivity index (χ0) is 20.5. The molecule has 0 amide bonds. The molecule has 0 saturated heterocycles. The first-order valence-corrected chi connectivity index (χ1v) is 9.64. The maximum Gasteiger partial charge on any atom is 0.162 e. The van der Waals surface area contributed by atoms with Gasteiger partial charge in [0.25, 0.3) is 0 Å². The number of benzene rings is 2. The van der Waals surface area contributed by atoms with Gasteiger partial charge in [-0.3, -0.25) is 0 Å². The maximum atomic E-state index is 14.4. The number of nitrogens with zero attached hydrogens (tertiary/aromatic N) is 1. The summed E-state index contributed by atoms with van der Waals surface area (Å²) in [6, 6.07) is 8.94. The van der Waals surface area contributed by atoms with Crippen molar-refractivity contribution in [2.75, 3.05) is 0 Å². The highest BCUT2D eigenvalue weighted by Crippen LogP contribution is 2.38. The van der Waals surface area contributed by atoms with Crippen molar-refractivity contribution < 1.29 is 13.9 Å². The summed E-state index contributed by atoms with van der Waals surface area (Å²) < 4.78 is 26.5. The van der Waals surface area contributed by atoms with Crippen LogP contribution in [0.15, 0.2) is 58.9 Å². The summed E-state index contributed by atoms with van der Waals surface area (Å²) in [7, 11) is 5.71. The predicted octanol–water partition coefficient (Wildman–Crippen LogP) is 4.29. The molecule has 2 unspecified atom stereocenters. The van der Waals surface area contributed by atoms with Crippen molar-refractivity contribution >= 4 is 25.1 Å². The first kappa shape index (κ1) is 19.3. The largest absolute Gasteiger partial charge is 0.483 e. The third-order valence-corrected chi connectivity index (χ3v) is 5.22. The molecule has 2 heterocycles. The molecule has 0 N–H and O–H groups in total. The van der Waals surface area contributed by atoms with Gasteiger partial charge in [-0.2, -0.15) is 0 Å². The van der Waals surface area contributed by atoms with E-state index in [1.54, 1.807) is 30.5 Å². The van der Waals surface area contributed by atoms with Crippen molar-refractivity contribution in [2.45, 2.75) is 39.4 Å². The Kier molecular flexibility index (Phi) is 5.17. The van der Waals surface area contributed by atoms with Crippen molar-refractivity contribution in [1.82, 2.24) is 0 Å². The van der Waals surface area contributed by atoms with Crippen LogP contribution < -0.4 is 14.9 Å². The monoisotopic (exact) mass is 385 g/mol. The van der Waals surface area contributed by atoms with Crippen LogP contribution in [0.2, 0.25) is 0 Å². The number of halogens is 1. The highest BCUT2D eigenvalue weighted by Gasteiger charge is 2.27.